The summed E-state index contributed by atoms with van der Waals surface area (Å²) in [5, 5.41) is 0. The molecule has 0 heterocycles. The standard InChI is InChI=1S/C21H26O4/c1-4-5-12-24-20-11-8-18(15-17(20)3)21(22)25-14-13-23-19-9-6-16(2)7-10-19/h6-11,15H,4-5,12-14H2,1-3H3. The minimum atomic E-state index is -0.351. The lowest BCUT2D eigenvalue weighted by atomic mass is 10.1. The van der Waals surface area contributed by atoms with Crippen molar-refractivity contribution in [2.75, 3.05) is 19.8 Å². The van der Waals surface area contributed by atoms with E-state index in [-0.39, 0.29) is 12.6 Å². The first kappa shape index (κ1) is 18.8. The van der Waals surface area contributed by atoms with Crippen molar-refractivity contribution in [2.24, 2.45) is 0 Å². The number of carbonyl (C=O) groups excluding carboxylic acids is 1. The zero-order chi connectivity index (χ0) is 18.1. The third-order valence-corrected chi connectivity index (χ3v) is 3.77. The van der Waals surface area contributed by atoms with Crippen molar-refractivity contribution in [1.29, 1.82) is 0 Å². The zero-order valence-electron chi connectivity index (χ0n) is 15.2. The Morgan fingerprint density at radius 2 is 1.68 bits per heavy atom. The lowest BCUT2D eigenvalue weighted by molar-refractivity contribution is 0.0450. The van der Waals surface area contributed by atoms with Gasteiger partial charge in [0.15, 0.2) is 0 Å². The van der Waals surface area contributed by atoms with Crippen LogP contribution in [0.3, 0.4) is 0 Å². The molecule has 4 heteroatoms. The van der Waals surface area contributed by atoms with Crippen LogP contribution in [0.4, 0.5) is 0 Å². The molecule has 0 fully saturated rings. The second-order valence-corrected chi connectivity index (χ2v) is 5.98. The van der Waals surface area contributed by atoms with Crippen molar-refractivity contribution in [3.05, 3.63) is 59.2 Å². The van der Waals surface area contributed by atoms with Gasteiger partial charge in [-0.05, 0) is 56.2 Å². The largest absolute Gasteiger partial charge is 0.493 e. The first-order valence-corrected chi connectivity index (χ1v) is 8.70. The third kappa shape index (κ3) is 6.14. The van der Waals surface area contributed by atoms with Crippen LogP contribution < -0.4 is 9.47 Å². The molecule has 25 heavy (non-hydrogen) atoms. The van der Waals surface area contributed by atoms with Crippen molar-refractivity contribution < 1.29 is 19.0 Å². The zero-order valence-corrected chi connectivity index (χ0v) is 15.2. The van der Waals surface area contributed by atoms with Crippen LogP contribution in [0.1, 0.15) is 41.3 Å². The van der Waals surface area contributed by atoms with E-state index >= 15 is 0 Å². The molecule has 0 aromatic heterocycles. The van der Waals surface area contributed by atoms with E-state index in [1.54, 1.807) is 12.1 Å². The minimum absolute atomic E-state index is 0.209. The highest BCUT2D eigenvalue weighted by molar-refractivity contribution is 5.89. The maximum Gasteiger partial charge on any atom is 0.338 e. The van der Waals surface area contributed by atoms with Crippen LogP contribution in [0.5, 0.6) is 11.5 Å². The van der Waals surface area contributed by atoms with Crippen LogP contribution in [0.15, 0.2) is 42.5 Å². The van der Waals surface area contributed by atoms with Crippen molar-refractivity contribution in [3.8, 4) is 11.5 Å². The summed E-state index contributed by atoms with van der Waals surface area (Å²) in [7, 11) is 0. The van der Waals surface area contributed by atoms with Gasteiger partial charge in [0, 0.05) is 0 Å². The molecule has 0 radical (unpaired) electrons. The molecule has 0 atom stereocenters. The quantitative estimate of drug-likeness (QED) is 0.489. The van der Waals surface area contributed by atoms with Crippen LogP contribution >= 0.6 is 0 Å². The van der Waals surface area contributed by atoms with E-state index < -0.39 is 0 Å². The van der Waals surface area contributed by atoms with E-state index in [0.717, 1.165) is 29.9 Å². The van der Waals surface area contributed by atoms with Crippen molar-refractivity contribution in [2.45, 2.75) is 33.6 Å². The SMILES string of the molecule is CCCCOc1ccc(C(=O)OCCOc2ccc(C)cc2)cc1C. The number of rotatable bonds is 9. The molecule has 0 saturated heterocycles. The summed E-state index contributed by atoms with van der Waals surface area (Å²) < 4.78 is 16.5. The molecule has 0 saturated carbocycles. The number of hydrogen-bond acceptors (Lipinski definition) is 4. The highest BCUT2D eigenvalue weighted by atomic mass is 16.6. The summed E-state index contributed by atoms with van der Waals surface area (Å²) in [6.07, 6.45) is 2.11. The van der Waals surface area contributed by atoms with Crippen LogP contribution in [-0.4, -0.2) is 25.8 Å². The first-order valence-electron chi connectivity index (χ1n) is 8.70. The Balaban J connectivity index is 1.78. The average Bonchev–Trinajstić information content (AvgIpc) is 2.61. The molecule has 0 spiro atoms. The fourth-order valence-corrected chi connectivity index (χ4v) is 2.28. The molecule has 0 bridgehead atoms. The van der Waals surface area contributed by atoms with E-state index in [4.69, 9.17) is 14.2 Å². The molecule has 0 aliphatic carbocycles. The number of aryl methyl sites for hydroxylation is 2. The molecule has 4 nitrogen and oxygen atoms in total. The van der Waals surface area contributed by atoms with Crippen molar-refractivity contribution >= 4 is 5.97 Å². The summed E-state index contributed by atoms with van der Waals surface area (Å²) in [5.74, 6) is 1.23. The molecular weight excluding hydrogens is 316 g/mol. The monoisotopic (exact) mass is 342 g/mol. The summed E-state index contributed by atoms with van der Waals surface area (Å²) in [6, 6.07) is 13.1. The van der Waals surface area contributed by atoms with Crippen LogP contribution in [0.2, 0.25) is 0 Å². The molecular formula is C21H26O4. The normalized spacial score (nSPS) is 10.4. The third-order valence-electron chi connectivity index (χ3n) is 3.77. The fraction of sp³-hybridized carbons (Fsp3) is 0.381. The van der Waals surface area contributed by atoms with Gasteiger partial charge in [0.1, 0.15) is 24.7 Å². The summed E-state index contributed by atoms with van der Waals surface area (Å²) >= 11 is 0. The highest BCUT2D eigenvalue weighted by Crippen LogP contribution is 2.20. The Morgan fingerprint density at radius 1 is 0.920 bits per heavy atom. The van der Waals surface area contributed by atoms with Gasteiger partial charge in [-0.3, -0.25) is 0 Å². The second kappa shape index (κ2) is 9.72. The molecule has 0 unspecified atom stereocenters. The molecule has 2 aromatic carbocycles. The smallest absolute Gasteiger partial charge is 0.338 e. The molecule has 0 aliphatic heterocycles. The van der Waals surface area contributed by atoms with Gasteiger partial charge in [0.05, 0.1) is 12.2 Å². The molecule has 2 aromatic rings. The van der Waals surface area contributed by atoms with Gasteiger partial charge in [-0.25, -0.2) is 4.79 Å². The van der Waals surface area contributed by atoms with Crippen molar-refractivity contribution in [1.82, 2.24) is 0 Å². The van der Waals surface area contributed by atoms with E-state index in [1.165, 1.54) is 5.56 Å². The van der Waals surface area contributed by atoms with E-state index in [1.807, 2.05) is 44.2 Å². The minimum Gasteiger partial charge on any atom is -0.493 e. The first-order chi connectivity index (χ1) is 12.1. The molecule has 0 amide bonds. The van der Waals surface area contributed by atoms with Gasteiger partial charge in [0.2, 0.25) is 0 Å². The van der Waals surface area contributed by atoms with Crippen LogP contribution in [-0.2, 0) is 4.74 Å². The maximum atomic E-state index is 12.1. The second-order valence-electron chi connectivity index (χ2n) is 5.98. The predicted molar refractivity (Wildman–Crippen MR) is 98.5 cm³/mol. The molecule has 0 N–H and O–H groups in total. The number of carbonyl (C=O) groups is 1. The number of benzene rings is 2. The van der Waals surface area contributed by atoms with E-state index in [2.05, 4.69) is 6.92 Å². The van der Waals surface area contributed by atoms with Gasteiger partial charge in [0.25, 0.3) is 0 Å². The van der Waals surface area contributed by atoms with Gasteiger partial charge >= 0.3 is 5.97 Å². The Kier molecular flexibility index (Phi) is 7.33. The van der Waals surface area contributed by atoms with Gasteiger partial charge in [-0.2, -0.15) is 0 Å². The maximum absolute atomic E-state index is 12.1. The fourth-order valence-electron chi connectivity index (χ4n) is 2.28. The lowest BCUT2D eigenvalue weighted by Gasteiger charge is -2.11. The highest BCUT2D eigenvalue weighted by Gasteiger charge is 2.10. The van der Waals surface area contributed by atoms with E-state index in [0.29, 0.717) is 18.8 Å². The topological polar surface area (TPSA) is 44.8 Å². The Bertz CT molecular complexity index is 677. The summed E-state index contributed by atoms with van der Waals surface area (Å²) in [6.45, 7) is 7.30. The number of esters is 1. The van der Waals surface area contributed by atoms with Gasteiger partial charge in [-0.15, -0.1) is 0 Å². The summed E-state index contributed by atoms with van der Waals surface area (Å²) in [4.78, 5) is 12.1. The predicted octanol–water partition coefficient (Wildman–Crippen LogP) is 4.72. The molecule has 134 valence electrons. The number of unbranched alkanes of at least 4 members (excludes halogenated alkanes) is 1. The number of ether oxygens (including phenoxy) is 3. The Morgan fingerprint density at radius 3 is 2.36 bits per heavy atom. The number of hydrogen-bond donors (Lipinski definition) is 0. The Hall–Kier alpha value is -2.49. The molecule has 0 aliphatic rings. The van der Waals surface area contributed by atoms with Crippen LogP contribution in [0, 0.1) is 13.8 Å². The van der Waals surface area contributed by atoms with E-state index in [9.17, 15) is 4.79 Å². The Labute approximate surface area is 149 Å². The van der Waals surface area contributed by atoms with Gasteiger partial charge < -0.3 is 14.2 Å². The van der Waals surface area contributed by atoms with Crippen molar-refractivity contribution in [3.63, 3.8) is 0 Å². The average molecular weight is 342 g/mol. The lowest BCUT2D eigenvalue weighted by Crippen LogP contribution is -2.12. The molecule has 2 rings (SSSR count). The van der Waals surface area contributed by atoms with Crippen LogP contribution in [0.25, 0.3) is 0 Å². The summed E-state index contributed by atoms with van der Waals surface area (Å²) in [5.41, 5.74) is 2.63. The van der Waals surface area contributed by atoms with Gasteiger partial charge in [-0.1, -0.05) is 31.0 Å².